The molecule has 2 nitrogen and oxygen atoms in total. The smallest absolute Gasteiger partial charge is 0.115 e. The Hall–Kier alpha value is -1.02. The van der Waals surface area contributed by atoms with Gasteiger partial charge in [-0.2, -0.15) is 0 Å². The van der Waals surface area contributed by atoms with Crippen LogP contribution in [-0.2, 0) is 0 Å². The summed E-state index contributed by atoms with van der Waals surface area (Å²) in [6.07, 6.45) is 5.36. The summed E-state index contributed by atoms with van der Waals surface area (Å²) in [7, 11) is 2.20. The third-order valence-corrected chi connectivity index (χ3v) is 3.86. The van der Waals surface area contributed by atoms with Gasteiger partial charge in [-0.25, -0.2) is 0 Å². The third-order valence-electron chi connectivity index (χ3n) is 3.86. The number of aromatic hydroxyl groups is 1. The van der Waals surface area contributed by atoms with Crippen LogP contribution >= 0.6 is 0 Å². The fourth-order valence-electron chi connectivity index (χ4n) is 2.65. The lowest BCUT2D eigenvalue weighted by Crippen LogP contribution is -2.31. The number of phenolic OH excluding ortho intramolecular Hbond substituents is 1. The lowest BCUT2D eigenvalue weighted by molar-refractivity contribution is 0.187. The Bertz CT molecular complexity index is 344. The largest absolute Gasteiger partial charge is 0.508 e. The molecule has 1 fully saturated rings. The van der Waals surface area contributed by atoms with Gasteiger partial charge in [0.25, 0.3) is 0 Å². The fraction of sp³-hybridized carbons (Fsp3) is 0.571. The molecule has 1 aliphatic carbocycles. The van der Waals surface area contributed by atoms with Crippen molar-refractivity contribution < 1.29 is 5.11 Å². The maximum atomic E-state index is 9.49. The van der Waals surface area contributed by atoms with Gasteiger partial charge in [0.15, 0.2) is 0 Å². The summed E-state index contributed by atoms with van der Waals surface area (Å²) in [5, 5.41) is 9.49. The molecule has 1 aromatic carbocycles. The number of hydrogen-bond donors (Lipinski definition) is 1. The van der Waals surface area contributed by atoms with Crippen LogP contribution < -0.4 is 0 Å². The van der Waals surface area contributed by atoms with Crippen LogP contribution in [0.2, 0.25) is 0 Å². The van der Waals surface area contributed by atoms with Crippen molar-refractivity contribution in [3.05, 3.63) is 29.8 Å². The molecule has 0 aliphatic heterocycles. The zero-order chi connectivity index (χ0) is 11.5. The molecule has 0 heterocycles. The summed E-state index contributed by atoms with van der Waals surface area (Å²) in [6.45, 7) is 2.22. The molecule has 1 saturated carbocycles. The van der Waals surface area contributed by atoms with E-state index in [-0.39, 0.29) is 0 Å². The van der Waals surface area contributed by atoms with Crippen LogP contribution in [0, 0.1) is 0 Å². The van der Waals surface area contributed by atoms with Gasteiger partial charge in [-0.15, -0.1) is 0 Å². The van der Waals surface area contributed by atoms with Crippen molar-refractivity contribution in [3.63, 3.8) is 0 Å². The van der Waals surface area contributed by atoms with E-state index in [4.69, 9.17) is 0 Å². The molecule has 0 aromatic heterocycles. The highest BCUT2D eigenvalue weighted by Gasteiger charge is 2.23. The number of benzene rings is 1. The van der Waals surface area contributed by atoms with E-state index in [1.165, 1.54) is 31.2 Å². The van der Waals surface area contributed by atoms with E-state index < -0.39 is 0 Å². The van der Waals surface area contributed by atoms with Gasteiger partial charge in [0, 0.05) is 12.1 Å². The molecule has 1 unspecified atom stereocenters. The zero-order valence-electron chi connectivity index (χ0n) is 10.2. The van der Waals surface area contributed by atoms with Gasteiger partial charge < -0.3 is 5.11 Å². The molecule has 0 saturated heterocycles. The summed E-state index contributed by atoms with van der Waals surface area (Å²) >= 11 is 0. The summed E-state index contributed by atoms with van der Waals surface area (Å²) < 4.78 is 0. The second kappa shape index (κ2) is 4.88. The lowest BCUT2D eigenvalue weighted by Gasteiger charge is -2.30. The molecule has 0 spiro atoms. The minimum atomic E-state index is 0.365. The summed E-state index contributed by atoms with van der Waals surface area (Å²) in [4.78, 5) is 2.45. The van der Waals surface area contributed by atoms with Crippen molar-refractivity contribution >= 4 is 0 Å². The summed E-state index contributed by atoms with van der Waals surface area (Å²) in [5.74, 6) is 0.365. The minimum absolute atomic E-state index is 0.365. The Morgan fingerprint density at radius 2 is 2.00 bits per heavy atom. The van der Waals surface area contributed by atoms with E-state index in [9.17, 15) is 5.11 Å². The van der Waals surface area contributed by atoms with Crippen molar-refractivity contribution in [2.45, 2.75) is 44.7 Å². The normalized spacial score (nSPS) is 19.2. The van der Waals surface area contributed by atoms with Crippen molar-refractivity contribution in [2.75, 3.05) is 7.05 Å². The predicted molar refractivity (Wildman–Crippen MR) is 66.5 cm³/mol. The summed E-state index contributed by atoms with van der Waals surface area (Å²) in [6, 6.07) is 8.72. The van der Waals surface area contributed by atoms with Gasteiger partial charge in [-0.1, -0.05) is 25.0 Å². The zero-order valence-corrected chi connectivity index (χ0v) is 10.2. The number of hydrogen-bond acceptors (Lipinski definition) is 2. The quantitative estimate of drug-likeness (QED) is 0.843. The Labute approximate surface area is 97.9 Å². The lowest BCUT2D eigenvalue weighted by atomic mass is 10.0. The van der Waals surface area contributed by atoms with Crippen LogP contribution in [0.4, 0.5) is 0 Å². The second-order valence-electron chi connectivity index (χ2n) is 4.87. The van der Waals surface area contributed by atoms with Crippen LogP contribution in [0.15, 0.2) is 24.3 Å². The van der Waals surface area contributed by atoms with Crippen molar-refractivity contribution in [1.82, 2.24) is 4.90 Å². The molecule has 0 amide bonds. The van der Waals surface area contributed by atoms with Gasteiger partial charge in [-0.3, -0.25) is 4.90 Å². The Morgan fingerprint density at radius 3 is 2.62 bits per heavy atom. The van der Waals surface area contributed by atoms with E-state index in [0.717, 1.165) is 6.04 Å². The standard InChI is InChI=1S/C14H21NO/c1-11(12-6-5-9-14(16)10-12)15(2)13-7-3-4-8-13/h5-6,9-11,13,16H,3-4,7-8H2,1-2H3. The van der Waals surface area contributed by atoms with Crippen LogP contribution in [-0.4, -0.2) is 23.1 Å². The highest BCUT2D eigenvalue weighted by Crippen LogP contribution is 2.30. The molecular formula is C14H21NO. The van der Waals surface area contributed by atoms with Crippen LogP contribution in [0.25, 0.3) is 0 Å². The first-order valence-corrected chi connectivity index (χ1v) is 6.19. The van der Waals surface area contributed by atoms with E-state index in [1.807, 2.05) is 12.1 Å². The molecule has 2 heteroatoms. The van der Waals surface area contributed by atoms with E-state index in [1.54, 1.807) is 6.07 Å². The molecule has 2 rings (SSSR count). The van der Waals surface area contributed by atoms with E-state index in [0.29, 0.717) is 11.8 Å². The minimum Gasteiger partial charge on any atom is -0.508 e. The van der Waals surface area contributed by atoms with Crippen molar-refractivity contribution in [3.8, 4) is 5.75 Å². The van der Waals surface area contributed by atoms with Gasteiger partial charge >= 0.3 is 0 Å². The first-order valence-electron chi connectivity index (χ1n) is 6.19. The summed E-state index contributed by atoms with van der Waals surface area (Å²) in [5.41, 5.74) is 1.20. The number of phenols is 1. The molecule has 1 N–H and O–H groups in total. The average molecular weight is 219 g/mol. The van der Waals surface area contributed by atoms with Gasteiger partial charge in [0.05, 0.1) is 0 Å². The molecule has 1 aliphatic rings. The van der Waals surface area contributed by atoms with Crippen molar-refractivity contribution in [2.24, 2.45) is 0 Å². The fourth-order valence-corrected chi connectivity index (χ4v) is 2.65. The Morgan fingerprint density at radius 1 is 1.31 bits per heavy atom. The second-order valence-corrected chi connectivity index (χ2v) is 4.87. The van der Waals surface area contributed by atoms with Gasteiger partial charge in [0.1, 0.15) is 5.75 Å². The van der Waals surface area contributed by atoms with Crippen molar-refractivity contribution in [1.29, 1.82) is 0 Å². The SMILES string of the molecule is CC(c1cccc(O)c1)N(C)C1CCCC1. The average Bonchev–Trinajstić information content (AvgIpc) is 2.80. The highest BCUT2D eigenvalue weighted by molar-refractivity contribution is 5.29. The Balaban J connectivity index is 2.08. The molecular weight excluding hydrogens is 198 g/mol. The van der Waals surface area contributed by atoms with E-state index >= 15 is 0 Å². The number of rotatable bonds is 3. The van der Waals surface area contributed by atoms with Gasteiger partial charge in [-0.05, 0) is 44.5 Å². The van der Waals surface area contributed by atoms with Crippen LogP contribution in [0.3, 0.4) is 0 Å². The highest BCUT2D eigenvalue weighted by atomic mass is 16.3. The molecule has 88 valence electrons. The van der Waals surface area contributed by atoms with Crippen LogP contribution in [0.1, 0.15) is 44.2 Å². The maximum absolute atomic E-state index is 9.49. The van der Waals surface area contributed by atoms with Crippen LogP contribution in [0.5, 0.6) is 5.75 Å². The maximum Gasteiger partial charge on any atom is 0.115 e. The third kappa shape index (κ3) is 2.38. The molecule has 0 radical (unpaired) electrons. The molecule has 1 aromatic rings. The van der Waals surface area contributed by atoms with Gasteiger partial charge in [0.2, 0.25) is 0 Å². The molecule has 0 bridgehead atoms. The first kappa shape index (κ1) is 11.5. The molecule has 1 atom stereocenters. The monoisotopic (exact) mass is 219 g/mol. The predicted octanol–water partition coefficient (Wildman–Crippen LogP) is 3.33. The topological polar surface area (TPSA) is 23.5 Å². The molecule has 16 heavy (non-hydrogen) atoms. The van der Waals surface area contributed by atoms with E-state index in [2.05, 4.69) is 24.9 Å². The number of nitrogens with zero attached hydrogens (tertiary/aromatic N) is 1. The first-order chi connectivity index (χ1) is 7.68. The Kier molecular flexibility index (Phi) is 3.49.